The van der Waals surface area contributed by atoms with Crippen molar-refractivity contribution in [1.29, 1.82) is 0 Å². The van der Waals surface area contributed by atoms with Gasteiger partial charge in [0, 0.05) is 65.2 Å². The Morgan fingerprint density at radius 1 is 0.875 bits per heavy atom. The summed E-state index contributed by atoms with van der Waals surface area (Å²) in [6.45, 7) is 3.05. The molecule has 2 aromatic carbocycles. The Balaban J connectivity index is 1.44. The minimum atomic E-state index is -1.66. The van der Waals surface area contributed by atoms with Crippen LogP contribution in [-0.4, -0.2) is 138 Å². The van der Waals surface area contributed by atoms with Crippen LogP contribution < -0.4 is 25.4 Å². The van der Waals surface area contributed by atoms with E-state index in [4.69, 9.17) is 4.74 Å². The number of amides is 6. The number of aromatic hydroxyl groups is 1. The van der Waals surface area contributed by atoms with Crippen LogP contribution in [0.15, 0.2) is 72.9 Å². The van der Waals surface area contributed by atoms with Crippen molar-refractivity contribution in [2.45, 2.75) is 94.7 Å². The van der Waals surface area contributed by atoms with Crippen LogP contribution in [0.3, 0.4) is 0 Å². The average Bonchev–Trinajstić information content (AvgIpc) is 3.77. The first-order chi connectivity index (χ1) is 30.5. The molecule has 4 N–H and O–H groups in total. The standard InChI is InChI=1S/C46H56N8O10/c1-7-32-43(60)53-23-11-15-33(53)44(61)52(6)35(25-28-17-19-30(20-18-28)50(3)4)45(62)54-24-21-31(55)26-34(54)40(57)49-38(29-13-9-8-10-14-29)46(63)64-27(2)37(41(58)47-32)48-42(59)39-36(56)16-12-22-51(39)5/h8-10,12-14,16-20,22,27,32-35,37-38H,7,11,15,21,23-26H2,1-6H3,(H3-,47,48,49,56,57,58,59)/p+1/t27-,32-,33-,34-,35-,37+,38+/m0/s1. The van der Waals surface area contributed by atoms with Gasteiger partial charge in [-0.25, -0.2) is 4.79 Å². The van der Waals surface area contributed by atoms with Gasteiger partial charge in [0.2, 0.25) is 29.5 Å². The molecule has 0 unspecified atom stereocenters. The molecule has 18 heteroatoms. The maximum Gasteiger partial charge on any atom is 0.333 e. The second-order valence-corrected chi connectivity index (χ2v) is 16.7. The second kappa shape index (κ2) is 20.1. The van der Waals surface area contributed by atoms with Crippen LogP contribution in [-0.2, 0) is 51.8 Å². The summed E-state index contributed by atoms with van der Waals surface area (Å²) < 4.78 is 7.23. The number of carbonyl (C=O) groups is 8. The minimum absolute atomic E-state index is 0.0324. The maximum atomic E-state index is 15.0. The normalized spacial score (nSPS) is 25.2. The maximum absolute atomic E-state index is 15.0. The molecule has 1 aromatic heterocycles. The van der Waals surface area contributed by atoms with Crippen molar-refractivity contribution in [3.05, 3.63) is 89.7 Å². The van der Waals surface area contributed by atoms with Crippen molar-refractivity contribution in [2.75, 3.05) is 39.1 Å². The fraction of sp³-hybridized carbons (Fsp3) is 0.457. The number of pyridine rings is 1. The number of fused-ring (bicyclic) bond motifs is 2. The van der Waals surface area contributed by atoms with Crippen LogP contribution >= 0.6 is 0 Å². The number of rotatable bonds is 7. The molecular weight excluding hydrogens is 825 g/mol. The number of piperidine rings is 1. The number of carbonyl (C=O) groups excluding carboxylic acids is 8. The smallest absolute Gasteiger partial charge is 0.333 e. The summed E-state index contributed by atoms with van der Waals surface area (Å²) in [5, 5.41) is 18.6. The van der Waals surface area contributed by atoms with Crippen molar-refractivity contribution < 1.29 is 52.8 Å². The number of benzene rings is 2. The number of cyclic esters (lactones) is 1. The highest BCUT2D eigenvalue weighted by Gasteiger charge is 2.46. The average molecular weight is 882 g/mol. The van der Waals surface area contributed by atoms with E-state index in [1.807, 2.05) is 43.3 Å². The largest absolute Gasteiger partial charge is 0.502 e. The van der Waals surface area contributed by atoms with E-state index in [-0.39, 0.29) is 62.2 Å². The molecule has 0 bridgehead atoms. The van der Waals surface area contributed by atoms with Gasteiger partial charge in [-0.1, -0.05) is 49.4 Å². The van der Waals surface area contributed by atoms with Crippen molar-refractivity contribution in [3.8, 4) is 5.75 Å². The van der Waals surface area contributed by atoms with Gasteiger partial charge in [0.25, 0.3) is 0 Å². The van der Waals surface area contributed by atoms with Gasteiger partial charge in [-0.05, 0) is 55.5 Å². The summed E-state index contributed by atoms with van der Waals surface area (Å²) >= 11 is 0. The van der Waals surface area contributed by atoms with Crippen molar-refractivity contribution >= 4 is 52.9 Å². The zero-order valence-electron chi connectivity index (χ0n) is 37.0. The number of ketones is 1. The molecule has 0 radical (unpaired) electrons. The van der Waals surface area contributed by atoms with Gasteiger partial charge < -0.3 is 45.4 Å². The molecule has 0 saturated carbocycles. The van der Waals surface area contributed by atoms with Gasteiger partial charge in [0.15, 0.2) is 18.0 Å². The topological polar surface area (TPSA) is 219 Å². The molecule has 3 aliphatic heterocycles. The third kappa shape index (κ3) is 10.2. The SMILES string of the molecule is CC[C@@H]1NC(=O)[C@H](NC(=O)c2c(O)ccc[n+]2C)[C@H](C)OC(=O)[C@@H](c2ccccc2)NC(=O)[C@@H]2CC(=O)CCN2C(=O)[C@H](Cc2ccc(N(C)C)cc2)N(C)C(=O)[C@@H]2CCCN2C1=O. The number of Topliss-reactive ketones (excluding diaryl/α,β-unsaturated/α-hetero) is 1. The van der Waals surface area contributed by atoms with Gasteiger partial charge in [0.1, 0.15) is 49.1 Å². The third-order valence-electron chi connectivity index (χ3n) is 12.2. The van der Waals surface area contributed by atoms with Gasteiger partial charge in [-0.15, -0.1) is 0 Å². The lowest BCUT2D eigenvalue weighted by molar-refractivity contribution is -0.673. The van der Waals surface area contributed by atoms with Crippen LogP contribution in [0.4, 0.5) is 5.69 Å². The summed E-state index contributed by atoms with van der Waals surface area (Å²) in [7, 11) is 6.77. The van der Waals surface area contributed by atoms with Gasteiger partial charge in [-0.2, -0.15) is 4.57 Å². The van der Waals surface area contributed by atoms with E-state index in [2.05, 4.69) is 16.0 Å². The van der Waals surface area contributed by atoms with Gasteiger partial charge in [0.05, 0.1) is 0 Å². The number of hydrogen-bond donors (Lipinski definition) is 4. The van der Waals surface area contributed by atoms with E-state index in [9.17, 15) is 43.5 Å². The van der Waals surface area contributed by atoms with Crippen LogP contribution in [0, 0.1) is 0 Å². The van der Waals surface area contributed by atoms with E-state index in [1.54, 1.807) is 37.3 Å². The Hall–Kier alpha value is -6.85. The molecule has 64 heavy (non-hydrogen) atoms. The Morgan fingerprint density at radius 2 is 1.56 bits per heavy atom. The molecule has 6 rings (SSSR count). The Labute approximate surface area is 371 Å². The molecule has 3 aliphatic rings. The van der Waals surface area contributed by atoms with Crippen molar-refractivity contribution in [2.24, 2.45) is 7.05 Å². The van der Waals surface area contributed by atoms with Crippen molar-refractivity contribution in [1.82, 2.24) is 30.7 Å². The van der Waals surface area contributed by atoms with E-state index in [0.29, 0.717) is 12.0 Å². The number of hydrogen-bond acceptors (Lipinski definition) is 11. The summed E-state index contributed by atoms with van der Waals surface area (Å²) in [5.74, 6) is -6.09. The fourth-order valence-electron chi connectivity index (χ4n) is 8.50. The summed E-state index contributed by atoms with van der Waals surface area (Å²) in [4.78, 5) is 120. The molecule has 3 fully saturated rings. The van der Waals surface area contributed by atoms with E-state index in [0.717, 1.165) is 5.69 Å². The first kappa shape index (κ1) is 46.6. The zero-order valence-corrected chi connectivity index (χ0v) is 37.0. The number of ether oxygens (including phenoxy) is 1. The highest BCUT2D eigenvalue weighted by molar-refractivity contribution is 6.01. The third-order valence-corrected chi connectivity index (χ3v) is 12.2. The predicted octanol–water partition coefficient (Wildman–Crippen LogP) is 0.700. The molecule has 7 atom stereocenters. The van der Waals surface area contributed by atoms with Crippen LogP contribution in [0.1, 0.15) is 73.6 Å². The number of anilines is 1. The summed E-state index contributed by atoms with van der Waals surface area (Å²) in [5.41, 5.74) is 1.67. The van der Waals surface area contributed by atoms with E-state index in [1.165, 1.54) is 58.6 Å². The van der Waals surface area contributed by atoms with Crippen molar-refractivity contribution in [3.63, 3.8) is 0 Å². The van der Waals surface area contributed by atoms with Crippen LogP contribution in [0.25, 0.3) is 0 Å². The van der Waals surface area contributed by atoms with E-state index >= 15 is 0 Å². The number of likely N-dealkylation sites (N-methyl/N-ethyl adjacent to an activating group) is 1. The molecule has 340 valence electrons. The molecule has 4 heterocycles. The first-order valence-corrected chi connectivity index (χ1v) is 21.5. The molecule has 6 amide bonds. The summed E-state index contributed by atoms with van der Waals surface area (Å²) in [6.07, 6.45) is 0.462. The lowest BCUT2D eigenvalue weighted by Crippen LogP contribution is -2.61. The molecular formula is C46H57N8O10+. The summed E-state index contributed by atoms with van der Waals surface area (Å²) in [6, 6.07) is 10.3. The Kier molecular flexibility index (Phi) is 14.7. The Bertz CT molecular complexity index is 2250. The second-order valence-electron chi connectivity index (χ2n) is 16.7. The lowest BCUT2D eigenvalue weighted by atomic mass is 9.95. The zero-order chi connectivity index (χ0) is 46.4. The first-order valence-electron chi connectivity index (χ1n) is 21.5. The van der Waals surface area contributed by atoms with E-state index < -0.39 is 89.5 Å². The molecule has 3 saturated heterocycles. The minimum Gasteiger partial charge on any atom is -0.502 e. The van der Waals surface area contributed by atoms with Crippen LogP contribution in [0.2, 0.25) is 0 Å². The quantitative estimate of drug-likeness (QED) is 0.191. The number of esters is 1. The number of aromatic nitrogens is 1. The highest BCUT2D eigenvalue weighted by atomic mass is 16.5. The predicted molar refractivity (Wildman–Crippen MR) is 231 cm³/mol. The van der Waals surface area contributed by atoms with Crippen LogP contribution in [0.5, 0.6) is 5.75 Å². The fourth-order valence-corrected chi connectivity index (χ4v) is 8.50. The number of aryl methyl sites for hydroxylation is 1. The Morgan fingerprint density at radius 3 is 2.22 bits per heavy atom. The lowest BCUT2D eigenvalue weighted by Gasteiger charge is -2.40. The van der Waals surface area contributed by atoms with Gasteiger partial charge in [-0.3, -0.25) is 33.6 Å². The molecule has 0 aliphatic carbocycles. The number of nitrogens with one attached hydrogen (secondary N) is 3. The van der Waals surface area contributed by atoms with Gasteiger partial charge >= 0.3 is 17.6 Å². The highest BCUT2D eigenvalue weighted by Crippen LogP contribution is 2.27. The molecule has 0 spiro atoms. The number of nitrogens with zero attached hydrogens (tertiary/aromatic N) is 5. The molecule has 18 nitrogen and oxygen atoms in total. The monoisotopic (exact) mass is 881 g/mol. The molecule has 3 aromatic rings.